The van der Waals surface area contributed by atoms with Crippen molar-refractivity contribution in [3.05, 3.63) is 17.1 Å². The molecule has 2 atom stereocenters. The minimum absolute atomic E-state index is 0. The highest BCUT2D eigenvalue weighted by Gasteiger charge is 2.41. The Labute approximate surface area is 148 Å². The zero-order valence-electron chi connectivity index (χ0n) is 14.0. The van der Waals surface area contributed by atoms with Gasteiger partial charge in [0.25, 0.3) is 0 Å². The van der Waals surface area contributed by atoms with Crippen LogP contribution in [0, 0.1) is 25.7 Å². The Morgan fingerprint density at radius 2 is 1.92 bits per heavy atom. The predicted molar refractivity (Wildman–Crippen MR) is 90.0 cm³/mol. The fourth-order valence-corrected chi connectivity index (χ4v) is 5.54. The highest BCUT2D eigenvalue weighted by atomic mass is 35.5. The minimum atomic E-state index is -3.79. The first-order chi connectivity index (χ1) is 10.9. The summed E-state index contributed by atoms with van der Waals surface area (Å²) in [7, 11) is -2.55. The van der Waals surface area contributed by atoms with E-state index in [1.165, 1.54) is 11.4 Å². The van der Waals surface area contributed by atoms with Gasteiger partial charge in [-0.2, -0.15) is 4.31 Å². The summed E-state index contributed by atoms with van der Waals surface area (Å²) in [6.07, 6.45) is 0.834. The van der Waals surface area contributed by atoms with Gasteiger partial charge < -0.3 is 14.5 Å². The lowest BCUT2D eigenvalue weighted by Gasteiger charge is -2.33. The van der Waals surface area contributed by atoms with Crippen molar-refractivity contribution >= 4 is 28.4 Å². The number of fused-ring (bicyclic) bond motifs is 1. The van der Waals surface area contributed by atoms with Crippen LogP contribution in [-0.2, 0) is 14.8 Å². The molecular weight excluding hydrogens is 356 g/mol. The molecule has 136 valence electrons. The van der Waals surface area contributed by atoms with Crippen LogP contribution in [0.5, 0.6) is 0 Å². The monoisotopic (exact) mass is 378 g/mol. The first-order valence-electron chi connectivity index (χ1n) is 7.75. The number of aryl methyl sites for hydroxylation is 2. The van der Waals surface area contributed by atoms with Crippen LogP contribution in [-0.4, -0.2) is 52.0 Å². The summed E-state index contributed by atoms with van der Waals surface area (Å²) in [5.41, 5.74) is 0.0108. The van der Waals surface area contributed by atoms with Crippen LogP contribution in [0.4, 0.5) is 0 Å². The number of carbonyl (C=O) groups is 1. The molecule has 0 amide bonds. The molecular formula is C15H23ClN2O5S. The van der Waals surface area contributed by atoms with Crippen molar-refractivity contribution in [3.8, 4) is 0 Å². The minimum Gasteiger partial charge on any atom is -0.465 e. The molecule has 0 spiro atoms. The number of carbonyl (C=O) groups excluding carboxylic acids is 1. The standard InChI is InChI=1S/C15H22N2O5S.ClH/c1-9-13(15(18)21-3)14(10(2)22-9)23(19,20)17-5-4-11-6-16-7-12(11)8-17;/h11-12,16H,4-8H2,1-3H3;1H. The highest BCUT2D eigenvalue weighted by Crippen LogP contribution is 2.34. The molecule has 0 aromatic carbocycles. The summed E-state index contributed by atoms with van der Waals surface area (Å²) in [5.74, 6) is 0.678. The lowest BCUT2D eigenvalue weighted by atomic mass is 9.90. The normalized spacial score (nSPS) is 24.3. The zero-order valence-corrected chi connectivity index (χ0v) is 15.6. The Morgan fingerprint density at radius 3 is 2.58 bits per heavy atom. The van der Waals surface area contributed by atoms with Crippen LogP contribution in [0.25, 0.3) is 0 Å². The van der Waals surface area contributed by atoms with Crippen molar-refractivity contribution in [1.29, 1.82) is 0 Å². The SMILES string of the molecule is COC(=O)c1c(C)oc(C)c1S(=O)(=O)N1CCC2CNCC2C1.Cl. The maximum atomic E-state index is 13.1. The molecule has 2 aliphatic heterocycles. The van der Waals surface area contributed by atoms with Crippen molar-refractivity contribution in [2.45, 2.75) is 25.2 Å². The summed E-state index contributed by atoms with van der Waals surface area (Å²) in [4.78, 5) is 12.0. The van der Waals surface area contributed by atoms with Crippen LogP contribution < -0.4 is 5.32 Å². The molecule has 2 unspecified atom stereocenters. The molecule has 1 aromatic heterocycles. The van der Waals surface area contributed by atoms with Crippen molar-refractivity contribution in [2.75, 3.05) is 33.3 Å². The van der Waals surface area contributed by atoms with Gasteiger partial charge in [-0.05, 0) is 45.2 Å². The number of sulfonamides is 1. The van der Waals surface area contributed by atoms with Crippen molar-refractivity contribution in [2.24, 2.45) is 11.8 Å². The highest BCUT2D eigenvalue weighted by molar-refractivity contribution is 7.89. The van der Waals surface area contributed by atoms with E-state index < -0.39 is 16.0 Å². The van der Waals surface area contributed by atoms with Gasteiger partial charge in [0.15, 0.2) is 0 Å². The fourth-order valence-electron chi connectivity index (χ4n) is 3.66. The average Bonchev–Trinajstić information content (AvgIpc) is 3.09. The Kier molecular flexibility index (Phi) is 5.64. The topological polar surface area (TPSA) is 88.8 Å². The fraction of sp³-hybridized carbons (Fsp3) is 0.667. The molecule has 3 rings (SSSR count). The number of nitrogens with one attached hydrogen (secondary N) is 1. The Morgan fingerprint density at radius 1 is 1.25 bits per heavy atom. The van der Waals surface area contributed by atoms with Crippen molar-refractivity contribution in [3.63, 3.8) is 0 Å². The lowest BCUT2D eigenvalue weighted by Crippen LogP contribution is -2.43. The van der Waals surface area contributed by atoms with E-state index in [-0.39, 0.29) is 34.4 Å². The zero-order chi connectivity index (χ0) is 16.8. The number of nitrogens with zero attached hydrogens (tertiary/aromatic N) is 1. The maximum absolute atomic E-state index is 13.1. The number of halogens is 1. The second kappa shape index (κ2) is 7.03. The van der Waals surface area contributed by atoms with E-state index in [0.29, 0.717) is 24.9 Å². The van der Waals surface area contributed by atoms with Crippen LogP contribution in [0.1, 0.15) is 28.3 Å². The van der Waals surface area contributed by atoms with Crippen molar-refractivity contribution < 1.29 is 22.4 Å². The molecule has 2 saturated heterocycles. The molecule has 24 heavy (non-hydrogen) atoms. The Balaban J connectivity index is 0.00000208. The van der Waals surface area contributed by atoms with Crippen LogP contribution in [0.3, 0.4) is 0 Å². The molecule has 0 saturated carbocycles. The quantitative estimate of drug-likeness (QED) is 0.798. The summed E-state index contributed by atoms with van der Waals surface area (Å²) in [6.45, 7) is 5.88. The molecule has 2 fully saturated rings. The number of hydrogen-bond acceptors (Lipinski definition) is 6. The predicted octanol–water partition coefficient (Wildman–Crippen LogP) is 1.33. The first-order valence-corrected chi connectivity index (χ1v) is 9.19. The van der Waals surface area contributed by atoms with Crippen LogP contribution >= 0.6 is 12.4 Å². The second-order valence-corrected chi connectivity index (χ2v) is 8.12. The van der Waals surface area contributed by atoms with E-state index in [1.807, 2.05) is 0 Å². The van der Waals surface area contributed by atoms with Gasteiger partial charge in [0.2, 0.25) is 10.0 Å². The van der Waals surface area contributed by atoms with Gasteiger partial charge in [-0.1, -0.05) is 0 Å². The third-order valence-electron chi connectivity index (χ3n) is 4.86. The second-order valence-electron chi connectivity index (χ2n) is 6.24. The molecule has 9 heteroatoms. The number of hydrogen-bond donors (Lipinski definition) is 1. The van der Waals surface area contributed by atoms with Gasteiger partial charge in [-0.25, -0.2) is 13.2 Å². The van der Waals surface area contributed by atoms with Gasteiger partial charge in [0.05, 0.1) is 7.11 Å². The van der Waals surface area contributed by atoms with Crippen molar-refractivity contribution in [1.82, 2.24) is 9.62 Å². The van der Waals surface area contributed by atoms with Crippen LogP contribution in [0.15, 0.2) is 9.31 Å². The van der Waals surface area contributed by atoms with E-state index in [1.54, 1.807) is 13.8 Å². The van der Waals surface area contributed by atoms with Crippen LogP contribution in [0.2, 0.25) is 0 Å². The Hall–Kier alpha value is -1.09. The summed E-state index contributed by atoms with van der Waals surface area (Å²) in [6, 6.07) is 0. The van der Waals surface area contributed by atoms with Gasteiger partial charge in [-0.15, -0.1) is 12.4 Å². The number of esters is 1. The average molecular weight is 379 g/mol. The maximum Gasteiger partial charge on any atom is 0.342 e. The molecule has 0 bridgehead atoms. The van der Waals surface area contributed by atoms with Gasteiger partial charge >= 0.3 is 5.97 Å². The molecule has 2 aliphatic rings. The third kappa shape index (κ3) is 3.08. The molecule has 1 aromatic rings. The number of furan rings is 1. The number of rotatable bonds is 3. The van der Waals surface area contributed by atoms with E-state index in [9.17, 15) is 13.2 Å². The molecule has 0 aliphatic carbocycles. The van der Waals surface area contributed by atoms with E-state index in [4.69, 9.17) is 9.15 Å². The smallest absolute Gasteiger partial charge is 0.342 e. The third-order valence-corrected chi connectivity index (χ3v) is 6.88. The van der Waals surface area contributed by atoms with E-state index in [0.717, 1.165) is 19.5 Å². The van der Waals surface area contributed by atoms with E-state index >= 15 is 0 Å². The number of ether oxygens (including phenoxy) is 1. The molecule has 3 heterocycles. The van der Waals surface area contributed by atoms with Gasteiger partial charge in [0.1, 0.15) is 22.0 Å². The first kappa shape index (κ1) is 19.2. The van der Waals surface area contributed by atoms with E-state index in [2.05, 4.69) is 5.32 Å². The number of methoxy groups -OCH3 is 1. The molecule has 7 nitrogen and oxygen atoms in total. The lowest BCUT2D eigenvalue weighted by molar-refractivity contribution is 0.0594. The molecule has 1 N–H and O–H groups in total. The summed E-state index contributed by atoms with van der Waals surface area (Å²) < 4.78 is 37.8. The largest absolute Gasteiger partial charge is 0.465 e. The Bertz CT molecular complexity index is 730. The summed E-state index contributed by atoms with van der Waals surface area (Å²) >= 11 is 0. The van der Waals surface area contributed by atoms with Gasteiger partial charge in [-0.3, -0.25) is 0 Å². The van der Waals surface area contributed by atoms with Gasteiger partial charge in [0, 0.05) is 13.1 Å². The summed E-state index contributed by atoms with van der Waals surface area (Å²) in [5, 5.41) is 3.32. The number of piperidine rings is 1. The molecule has 0 radical (unpaired) electrons.